The largest absolute Gasteiger partial charge is 0.336 e. The van der Waals surface area contributed by atoms with Crippen LogP contribution in [0.3, 0.4) is 0 Å². The normalized spacial score (nSPS) is 10.5. The maximum absolute atomic E-state index is 12.2. The molecule has 1 rings (SSSR count). The van der Waals surface area contributed by atoms with Gasteiger partial charge in [0, 0.05) is 24.2 Å². The number of rotatable bonds is 4. The Morgan fingerprint density at radius 3 is 2.56 bits per heavy atom. The van der Waals surface area contributed by atoms with Gasteiger partial charge in [0.25, 0.3) is 11.6 Å². The topological polar surface area (TPSA) is 63.5 Å². The average molecular weight is 271 g/mol. The fraction of sp³-hybridized carbons (Fsp3) is 0.417. The van der Waals surface area contributed by atoms with Gasteiger partial charge in [0.2, 0.25) is 0 Å². The standard InChI is InChI=1S/C12H15ClN2O3/c1-4-14(8(2)3)12(16)9-5-6-10(13)11(7-9)15(17)18/h5-8H,4H2,1-3H3. The van der Waals surface area contributed by atoms with E-state index in [1.807, 2.05) is 20.8 Å². The SMILES string of the molecule is CCN(C(=O)c1ccc(Cl)c([N+](=O)[O-])c1)C(C)C. The van der Waals surface area contributed by atoms with Crippen LogP contribution in [0.15, 0.2) is 18.2 Å². The van der Waals surface area contributed by atoms with E-state index in [1.165, 1.54) is 18.2 Å². The van der Waals surface area contributed by atoms with E-state index >= 15 is 0 Å². The molecule has 0 fully saturated rings. The Hall–Kier alpha value is -1.62. The third-order valence-corrected chi connectivity index (χ3v) is 2.93. The Labute approximate surface area is 110 Å². The number of nitrogens with zero attached hydrogens (tertiary/aromatic N) is 2. The van der Waals surface area contributed by atoms with Crippen LogP contribution in [0.4, 0.5) is 5.69 Å². The van der Waals surface area contributed by atoms with E-state index in [4.69, 9.17) is 11.6 Å². The van der Waals surface area contributed by atoms with Gasteiger partial charge in [-0.25, -0.2) is 0 Å². The van der Waals surface area contributed by atoms with Crippen LogP contribution in [-0.2, 0) is 0 Å². The summed E-state index contributed by atoms with van der Waals surface area (Å²) in [6.07, 6.45) is 0. The van der Waals surface area contributed by atoms with Crippen LogP contribution in [0.5, 0.6) is 0 Å². The molecule has 0 N–H and O–H groups in total. The van der Waals surface area contributed by atoms with Gasteiger partial charge < -0.3 is 4.90 Å². The summed E-state index contributed by atoms with van der Waals surface area (Å²) in [5.74, 6) is -0.229. The molecule has 0 saturated heterocycles. The van der Waals surface area contributed by atoms with Crippen molar-refractivity contribution < 1.29 is 9.72 Å². The zero-order chi connectivity index (χ0) is 13.9. The van der Waals surface area contributed by atoms with E-state index in [0.29, 0.717) is 6.54 Å². The Kier molecular flexibility index (Phi) is 4.67. The molecule has 5 nitrogen and oxygen atoms in total. The first kappa shape index (κ1) is 14.4. The number of nitro groups is 1. The molecule has 1 amide bonds. The van der Waals surface area contributed by atoms with Gasteiger partial charge >= 0.3 is 0 Å². The first-order valence-electron chi connectivity index (χ1n) is 5.63. The molecule has 0 bridgehead atoms. The second-order valence-corrected chi connectivity index (χ2v) is 4.52. The van der Waals surface area contributed by atoms with E-state index in [2.05, 4.69) is 0 Å². The van der Waals surface area contributed by atoms with Crippen molar-refractivity contribution in [2.75, 3.05) is 6.54 Å². The Morgan fingerprint density at radius 2 is 2.11 bits per heavy atom. The van der Waals surface area contributed by atoms with Crippen molar-refractivity contribution in [3.8, 4) is 0 Å². The smallest absolute Gasteiger partial charge is 0.288 e. The van der Waals surface area contributed by atoms with Crippen LogP contribution >= 0.6 is 11.6 Å². The Balaban J connectivity index is 3.14. The number of hydrogen-bond acceptors (Lipinski definition) is 3. The third kappa shape index (κ3) is 2.98. The van der Waals surface area contributed by atoms with Crippen LogP contribution in [0.2, 0.25) is 5.02 Å². The fourth-order valence-corrected chi connectivity index (χ4v) is 1.88. The van der Waals surface area contributed by atoms with Crippen molar-refractivity contribution in [2.45, 2.75) is 26.8 Å². The minimum atomic E-state index is -0.592. The summed E-state index contributed by atoms with van der Waals surface area (Å²) < 4.78 is 0. The first-order valence-corrected chi connectivity index (χ1v) is 6.01. The van der Waals surface area contributed by atoms with Crippen LogP contribution in [0, 0.1) is 10.1 Å². The summed E-state index contributed by atoms with van der Waals surface area (Å²) in [6, 6.07) is 4.14. The fourth-order valence-electron chi connectivity index (χ4n) is 1.69. The maximum atomic E-state index is 12.2. The zero-order valence-corrected chi connectivity index (χ0v) is 11.3. The summed E-state index contributed by atoms with van der Waals surface area (Å²) in [5, 5.41) is 10.8. The molecular weight excluding hydrogens is 256 g/mol. The Morgan fingerprint density at radius 1 is 1.50 bits per heavy atom. The van der Waals surface area contributed by atoms with Gasteiger partial charge in [-0.05, 0) is 32.9 Å². The number of amides is 1. The summed E-state index contributed by atoms with van der Waals surface area (Å²) in [4.78, 5) is 24.0. The molecule has 1 aromatic rings. The van der Waals surface area contributed by atoms with Gasteiger partial charge in [0.1, 0.15) is 5.02 Å². The van der Waals surface area contributed by atoms with Gasteiger partial charge in [0.15, 0.2) is 0 Å². The summed E-state index contributed by atoms with van der Waals surface area (Å²) in [5.41, 5.74) is 0.0315. The number of halogens is 1. The lowest BCUT2D eigenvalue weighted by Crippen LogP contribution is -2.36. The van der Waals surface area contributed by atoms with Gasteiger partial charge in [0.05, 0.1) is 4.92 Å². The van der Waals surface area contributed by atoms with Crippen molar-refractivity contribution in [2.24, 2.45) is 0 Å². The van der Waals surface area contributed by atoms with E-state index in [1.54, 1.807) is 4.90 Å². The number of hydrogen-bond donors (Lipinski definition) is 0. The van der Waals surface area contributed by atoms with Crippen LogP contribution in [0.1, 0.15) is 31.1 Å². The predicted molar refractivity (Wildman–Crippen MR) is 70.0 cm³/mol. The lowest BCUT2D eigenvalue weighted by molar-refractivity contribution is -0.384. The number of carbonyl (C=O) groups excluding carboxylic acids is 1. The van der Waals surface area contributed by atoms with Gasteiger partial charge in [-0.1, -0.05) is 11.6 Å². The van der Waals surface area contributed by atoms with Crippen LogP contribution < -0.4 is 0 Å². The van der Waals surface area contributed by atoms with Crippen LogP contribution in [0.25, 0.3) is 0 Å². The third-order valence-electron chi connectivity index (χ3n) is 2.61. The Bertz CT molecular complexity index is 474. The van der Waals surface area contributed by atoms with Gasteiger partial charge in [-0.15, -0.1) is 0 Å². The highest BCUT2D eigenvalue weighted by molar-refractivity contribution is 6.32. The molecule has 98 valence electrons. The van der Waals surface area contributed by atoms with E-state index in [9.17, 15) is 14.9 Å². The number of carbonyl (C=O) groups is 1. The molecule has 6 heteroatoms. The predicted octanol–water partition coefficient (Wildman–Crippen LogP) is 3.12. The highest BCUT2D eigenvalue weighted by Crippen LogP contribution is 2.25. The number of benzene rings is 1. The maximum Gasteiger partial charge on any atom is 0.288 e. The van der Waals surface area contributed by atoms with Gasteiger partial charge in [-0.3, -0.25) is 14.9 Å². The van der Waals surface area contributed by atoms with E-state index in [-0.39, 0.29) is 28.2 Å². The second-order valence-electron chi connectivity index (χ2n) is 4.11. The zero-order valence-electron chi connectivity index (χ0n) is 10.5. The minimum Gasteiger partial charge on any atom is -0.336 e. The van der Waals surface area contributed by atoms with E-state index < -0.39 is 4.92 Å². The molecule has 0 unspecified atom stereocenters. The molecule has 0 aliphatic rings. The second kappa shape index (κ2) is 5.82. The molecule has 1 aromatic carbocycles. The van der Waals surface area contributed by atoms with Crippen molar-refractivity contribution in [3.63, 3.8) is 0 Å². The highest BCUT2D eigenvalue weighted by Gasteiger charge is 2.21. The lowest BCUT2D eigenvalue weighted by atomic mass is 10.1. The molecule has 0 aliphatic heterocycles. The first-order chi connectivity index (χ1) is 8.38. The van der Waals surface area contributed by atoms with Crippen LogP contribution in [-0.4, -0.2) is 28.3 Å². The lowest BCUT2D eigenvalue weighted by Gasteiger charge is -2.25. The summed E-state index contributed by atoms with van der Waals surface area (Å²) in [6.45, 7) is 6.20. The molecule has 0 saturated carbocycles. The van der Waals surface area contributed by atoms with Crippen molar-refractivity contribution in [3.05, 3.63) is 38.9 Å². The number of nitro benzene ring substituents is 1. The molecule has 18 heavy (non-hydrogen) atoms. The monoisotopic (exact) mass is 270 g/mol. The summed E-state index contributed by atoms with van der Waals surface area (Å²) in [7, 11) is 0. The molecule has 0 aromatic heterocycles. The molecule has 0 heterocycles. The average Bonchev–Trinajstić information content (AvgIpc) is 2.29. The molecule has 0 spiro atoms. The highest BCUT2D eigenvalue weighted by atomic mass is 35.5. The molecule has 0 radical (unpaired) electrons. The van der Waals surface area contributed by atoms with E-state index in [0.717, 1.165) is 0 Å². The van der Waals surface area contributed by atoms with Crippen molar-refractivity contribution in [1.29, 1.82) is 0 Å². The molecule has 0 atom stereocenters. The van der Waals surface area contributed by atoms with Gasteiger partial charge in [-0.2, -0.15) is 0 Å². The molecular formula is C12H15ClN2O3. The minimum absolute atomic E-state index is 0.0316. The van der Waals surface area contributed by atoms with Crippen molar-refractivity contribution in [1.82, 2.24) is 4.90 Å². The van der Waals surface area contributed by atoms with Crippen molar-refractivity contribution >= 4 is 23.2 Å². The molecule has 0 aliphatic carbocycles. The quantitative estimate of drug-likeness (QED) is 0.624. The summed E-state index contributed by atoms with van der Waals surface area (Å²) >= 11 is 5.71.